The molecule has 3 nitrogen and oxygen atoms in total. The summed E-state index contributed by atoms with van der Waals surface area (Å²) in [5.41, 5.74) is 2.76. The van der Waals surface area contributed by atoms with Crippen LogP contribution in [0.1, 0.15) is 22.8 Å². The molecule has 2 rings (SSSR count). The van der Waals surface area contributed by atoms with Gasteiger partial charge in [-0.25, -0.2) is 4.98 Å². The smallest absolute Gasteiger partial charge is 0.224 e. The van der Waals surface area contributed by atoms with Gasteiger partial charge in [0.15, 0.2) is 6.29 Å². The molecule has 0 aliphatic heterocycles. The van der Waals surface area contributed by atoms with Gasteiger partial charge in [-0.1, -0.05) is 54.1 Å². The van der Waals surface area contributed by atoms with Gasteiger partial charge in [0.05, 0.1) is 23.4 Å². The van der Waals surface area contributed by atoms with Crippen LogP contribution >= 0.6 is 11.6 Å². The number of carbonyl (C=O) groups excluding carboxylic acids is 1. The predicted molar refractivity (Wildman–Crippen MR) is 90.5 cm³/mol. The van der Waals surface area contributed by atoms with Gasteiger partial charge in [0, 0.05) is 5.56 Å². The Bertz CT molecular complexity index is 736. The summed E-state index contributed by atoms with van der Waals surface area (Å²) in [6, 6.07) is 9.17. The average molecular weight is 314 g/mol. The Balaban J connectivity index is 2.49. The summed E-state index contributed by atoms with van der Waals surface area (Å²) in [6.45, 7) is 1.95. The van der Waals surface area contributed by atoms with Crippen LogP contribution in [0.5, 0.6) is 5.88 Å². The molecular weight excluding hydrogens is 298 g/mol. The van der Waals surface area contributed by atoms with Crippen molar-refractivity contribution in [2.24, 2.45) is 0 Å². The molecule has 0 amide bonds. The number of rotatable bonds is 5. The molecule has 2 aromatic rings. The minimum Gasteiger partial charge on any atom is -0.480 e. The lowest BCUT2D eigenvalue weighted by Gasteiger charge is -2.09. The van der Waals surface area contributed by atoms with Crippen LogP contribution in [0.2, 0.25) is 5.02 Å². The number of ether oxygens (including phenoxy) is 1. The second-order valence-corrected chi connectivity index (χ2v) is 4.88. The van der Waals surface area contributed by atoms with Gasteiger partial charge in [-0.05, 0) is 24.6 Å². The number of halogens is 1. The molecule has 0 N–H and O–H groups in total. The van der Waals surface area contributed by atoms with Crippen molar-refractivity contribution in [3.05, 3.63) is 64.7 Å². The first-order valence-corrected chi connectivity index (χ1v) is 7.17. The van der Waals surface area contributed by atoms with E-state index in [-0.39, 0.29) is 0 Å². The Kier molecular flexibility index (Phi) is 5.50. The van der Waals surface area contributed by atoms with E-state index in [4.69, 9.17) is 16.3 Å². The quantitative estimate of drug-likeness (QED) is 0.587. The lowest BCUT2D eigenvalue weighted by Crippen LogP contribution is -1.96. The average Bonchev–Trinajstić information content (AvgIpc) is 2.56. The van der Waals surface area contributed by atoms with Crippen LogP contribution in [0.4, 0.5) is 0 Å². The Morgan fingerprint density at radius 2 is 1.95 bits per heavy atom. The molecule has 0 saturated heterocycles. The molecule has 0 atom stereocenters. The largest absolute Gasteiger partial charge is 0.480 e. The summed E-state index contributed by atoms with van der Waals surface area (Å²) in [5.74, 6) is 0.290. The zero-order valence-corrected chi connectivity index (χ0v) is 13.2. The fraction of sp³-hybridized carbons (Fsp3) is 0.111. The molecule has 0 unspecified atom stereocenters. The number of allylic oxidation sites excluding steroid dienone is 3. The van der Waals surface area contributed by atoms with Crippen molar-refractivity contribution in [3.8, 4) is 17.1 Å². The van der Waals surface area contributed by atoms with E-state index in [0.717, 1.165) is 11.1 Å². The van der Waals surface area contributed by atoms with E-state index in [1.165, 1.54) is 7.11 Å². The van der Waals surface area contributed by atoms with E-state index in [1.807, 2.05) is 49.4 Å². The third kappa shape index (κ3) is 3.43. The summed E-state index contributed by atoms with van der Waals surface area (Å²) in [4.78, 5) is 15.3. The topological polar surface area (TPSA) is 39.2 Å². The van der Waals surface area contributed by atoms with E-state index in [9.17, 15) is 4.79 Å². The standard InChI is InChI=1S/C18H16ClNO2/c1-3-4-5-7-13-8-6-9-15(17(13)19)16-11-10-14(12-21)18(20-16)22-2/h3-12H,1-2H3/b4-3-,7-5+. The van der Waals surface area contributed by atoms with E-state index < -0.39 is 0 Å². The first kappa shape index (κ1) is 16.0. The SMILES string of the molecule is C/C=C\C=C\c1cccc(-c2ccc(C=O)c(OC)n2)c1Cl. The second-order valence-electron chi connectivity index (χ2n) is 4.51. The van der Waals surface area contributed by atoms with E-state index in [2.05, 4.69) is 4.98 Å². The molecule has 0 spiro atoms. The van der Waals surface area contributed by atoms with Crippen molar-refractivity contribution in [1.29, 1.82) is 0 Å². The fourth-order valence-corrected chi connectivity index (χ4v) is 2.29. The molecule has 22 heavy (non-hydrogen) atoms. The number of carbonyl (C=O) groups is 1. The van der Waals surface area contributed by atoms with Gasteiger partial charge in [0.2, 0.25) is 5.88 Å². The molecule has 1 aromatic heterocycles. The first-order chi connectivity index (χ1) is 10.7. The highest BCUT2D eigenvalue weighted by atomic mass is 35.5. The monoisotopic (exact) mass is 313 g/mol. The summed E-state index contributed by atoms with van der Waals surface area (Å²) < 4.78 is 5.14. The molecule has 0 bridgehead atoms. The normalized spacial score (nSPS) is 11.2. The van der Waals surface area contributed by atoms with Crippen molar-refractivity contribution in [3.63, 3.8) is 0 Å². The molecular formula is C18H16ClNO2. The number of hydrogen-bond acceptors (Lipinski definition) is 3. The summed E-state index contributed by atoms with van der Waals surface area (Å²) in [6.07, 6.45) is 8.45. The molecule has 0 saturated carbocycles. The first-order valence-electron chi connectivity index (χ1n) is 6.79. The second kappa shape index (κ2) is 7.57. The van der Waals surface area contributed by atoms with Gasteiger partial charge in [-0.3, -0.25) is 4.79 Å². The van der Waals surface area contributed by atoms with Crippen LogP contribution in [0, 0.1) is 0 Å². The van der Waals surface area contributed by atoms with Crippen LogP contribution in [0.25, 0.3) is 17.3 Å². The van der Waals surface area contributed by atoms with Gasteiger partial charge >= 0.3 is 0 Å². The number of methoxy groups -OCH3 is 1. The van der Waals surface area contributed by atoms with Crippen LogP contribution in [0.3, 0.4) is 0 Å². The zero-order valence-electron chi connectivity index (χ0n) is 12.4. The minimum absolute atomic E-state index is 0.290. The highest BCUT2D eigenvalue weighted by Gasteiger charge is 2.11. The highest BCUT2D eigenvalue weighted by molar-refractivity contribution is 6.34. The number of pyridine rings is 1. The van der Waals surface area contributed by atoms with Gasteiger partial charge < -0.3 is 4.74 Å². The molecule has 1 aromatic carbocycles. The number of aromatic nitrogens is 1. The van der Waals surface area contributed by atoms with E-state index in [1.54, 1.807) is 12.1 Å². The minimum atomic E-state index is 0.290. The predicted octanol–water partition coefficient (Wildman–Crippen LogP) is 4.81. The van der Waals surface area contributed by atoms with Gasteiger partial charge in [-0.15, -0.1) is 0 Å². The molecule has 0 fully saturated rings. The molecule has 0 aliphatic carbocycles. The van der Waals surface area contributed by atoms with Crippen molar-refractivity contribution >= 4 is 24.0 Å². The lowest BCUT2D eigenvalue weighted by molar-refractivity contribution is 0.112. The maximum atomic E-state index is 10.9. The van der Waals surface area contributed by atoms with Crippen molar-refractivity contribution in [2.75, 3.05) is 7.11 Å². The zero-order chi connectivity index (χ0) is 15.9. The van der Waals surface area contributed by atoms with Crippen LogP contribution in [-0.4, -0.2) is 18.4 Å². The molecule has 0 radical (unpaired) electrons. The number of hydrogen-bond donors (Lipinski definition) is 0. The summed E-state index contributed by atoms with van der Waals surface area (Å²) >= 11 is 6.47. The summed E-state index contributed by atoms with van der Waals surface area (Å²) in [5, 5.41) is 0.608. The number of benzene rings is 1. The fourth-order valence-electron chi connectivity index (χ4n) is 2.00. The van der Waals surface area contributed by atoms with Crippen LogP contribution in [-0.2, 0) is 0 Å². The number of aldehydes is 1. The van der Waals surface area contributed by atoms with Crippen molar-refractivity contribution in [1.82, 2.24) is 4.98 Å². The molecule has 4 heteroatoms. The molecule has 112 valence electrons. The maximum Gasteiger partial charge on any atom is 0.224 e. The summed E-state index contributed by atoms with van der Waals surface area (Å²) in [7, 11) is 1.48. The maximum absolute atomic E-state index is 10.9. The third-order valence-electron chi connectivity index (χ3n) is 3.09. The van der Waals surface area contributed by atoms with Gasteiger partial charge in [0.1, 0.15) is 0 Å². The van der Waals surface area contributed by atoms with Crippen molar-refractivity contribution in [2.45, 2.75) is 6.92 Å². The Hall–Kier alpha value is -2.39. The Morgan fingerprint density at radius 3 is 2.64 bits per heavy atom. The van der Waals surface area contributed by atoms with Crippen LogP contribution < -0.4 is 4.74 Å². The number of nitrogens with zero attached hydrogens (tertiary/aromatic N) is 1. The molecule has 1 heterocycles. The Labute approximate surface area is 134 Å². The van der Waals surface area contributed by atoms with Crippen LogP contribution in [0.15, 0.2) is 48.6 Å². The third-order valence-corrected chi connectivity index (χ3v) is 3.52. The highest BCUT2D eigenvalue weighted by Crippen LogP contribution is 2.31. The van der Waals surface area contributed by atoms with E-state index in [0.29, 0.717) is 28.4 Å². The Morgan fingerprint density at radius 1 is 1.14 bits per heavy atom. The lowest BCUT2D eigenvalue weighted by atomic mass is 10.1. The van der Waals surface area contributed by atoms with Gasteiger partial charge in [0.25, 0.3) is 0 Å². The molecule has 0 aliphatic rings. The van der Waals surface area contributed by atoms with E-state index >= 15 is 0 Å². The van der Waals surface area contributed by atoms with Crippen molar-refractivity contribution < 1.29 is 9.53 Å². The van der Waals surface area contributed by atoms with Gasteiger partial charge in [-0.2, -0.15) is 0 Å².